The van der Waals surface area contributed by atoms with Gasteiger partial charge in [-0.05, 0) is 5.56 Å². The van der Waals surface area contributed by atoms with Crippen LogP contribution in [0.1, 0.15) is 11.5 Å². The first-order valence-corrected chi connectivity index (χ1v) is 6.64. The number of amides is 1. The van der Waals surface area contributed by atoms with Crippen LogP contribution in [-0.4, -0.2) is 45.8 Å². The van der Waals surface area contributed by atoms with Gasteiger partial charge in [0.05, 0.1) is 13.2 Å². The Bertz CT molecular complexity index is 571. The number of nitrogens with zero attached hydrogens (tertiary/aromatic N) is 3. The van der Waals surface area contributed by atoms with Gasteiger partial charge in [0.1, 0.15) is 0 Å². The Labute approximate surface area is 122 Å². The zero-order valence-corrected chi connectivity index (χ0v) is 11.8. The molecule has 1 heterocycles. The summed E-state index contributed by atoms with van der Waals surface area (Å²) in [5.74, 6) is 0.129. The standard InChI is InChI=1S/C14H18N4O3/c1-11-16-17-14(21-11)15-13(20)10-18(7-8-19)9-12-5-3-2-4-6-12/h2-6,19H,7-10H2,1H3,(H,15,17,20). The molecule has 21 heavy (non-hydrogen) atoms. The summed E-state index contributed by atoms with van der Waals surface area (Å²) in [5, 5.41) is 19.0. The molecule has 0 radical (unpaired) electrons. The van der Waals surface area contributed by atoms with Gasteiger partial charge in [0, 0.05) is 20.0 Å². The summed E-state index contributed by atoms with van der Waals surface area (Å²) in [6.07, 6.45) is 0. The minimum atomic E-state index is -0.261. The Balaban J connectivity index is 1.91. The Kier molecular flexibility index (Phi) is 5.42. The second-order valence-electron chi connectivity index (χ2n) is 4.59. The number of carbonyl (C=O) groups is 1. The molecule has 0 atom stereocenters. The number of rotatable bonds is 7. The molecule has 0 aliphatic heterocycles. The molecule has 7 heteroatoms. The van der Waals surface area contributed by atoms with Gasteiger partial charge in [-0.15, -0.1) is 5.10 Å². The van der Waals surface area contributed by atoms with Crippen molar-refractivity contribution in [3.8, 4) is 0 Å². The van der Waals surface area contributed by atoms with Crippen LogP contribution in [0.15, 0.2) is 34.7 Å². The van der Waals surface area contributed by atoms with Crippen molar-refractivity contribution < 1.29 is 14.3 Å². The van der Waals surface area contributed by atoms with Crippen molar-refractivity contribution in [2.45, 2.75) is 13.5 Å². The first kappa shape index (κ1) is 15.1. The number of aliphatic hydroxyl groups is 1. The molecule has 0 bridgehead atoms. The highest BCUT2D eigenvalue weighted by Gasteiger charge is 2.13. The quantitative estimate of drug-likeness (QED) is 0.784. The van der Waals surface area contributed by atoms with Gasteiger partial charge in [-0.1, -0.05) is 35.4 Å². The van der Waals surface area contributed by atoms with E-state index in [1.165, 1.54) is 0 Å². The third kappa shape index (κ3) is 4.97. The lowest BCUT2D eigenvalue weighted by molar-refractivity contribution is -0.117. The Morgan fingerprint density at radius 2 is 2.10 bits per heavy atom. The van der Waals surface area contributed by atoms with Gasteiger partial charge in [-0.25, -0.2) is 0 Å². The normalized spacial score (nSPS) is 10.8. The van der Waals surface area contributed by atoms with Gasteiger partial charge in [0.2, 0.25) is 11.8 Å². The van der Waals surface area contributed by atoms with Crippen LogP contribution in [0.4, 0.5) is 6.01 Å². The monoisotopic (exact) mass is 290 g/mol. The summed E-state index contributed by atoms with van der Waals surface area (Å²) in [6, 6.07) is 9.85. The smallest absolute Gasteiger partial charge is 0.322 e. The molecule has 0 unspecified atom stereocenters. The summed E-state index contributed by atoms with van der Waals surface area (Å²) in [6.45, 7) is 2.76. The van der Waals surface area contributed by atoms with E-state index in [1.54, 1.807) is 6.92 Å². The molecule has 1 amide bonds. The van der Waals surface area contributed by atoms with Crippen LogP contribution in [0.2, 0.25) is 0 Å². The van der Waals surface area contributed by atoms with E-state index in [9.17, 15) is 4.79 Å². The van der Waals surface area contributed by atoms with Crippen LogP contribution in [0.25, 0.3) is 0 Å². The molecule has 1 aromatic heterocycles. The third-order valence-electron chi connectivity index (χ3n) is 2.80. The van der Waals surface area contributed by atoms with Crippen LogP contribution < -0.4 is 5.32 Å². The molecule has 7 nitrogen and oxygen atoms in total. The van der Waals surface area contributed by atoms with Crippen LogP contribution in [0.3, 0.4) is 0 Å². The fourth-order valence-corrected chi connectivity index (χ4v) is 1.91. The largest absolute Gasteiger partial charge is 0.408 e. The molecule has 0 aliphatic carbocycles. The van der Waals surface area contributed by atoms with Gasteiger partial charge in [-0.2, -0.15) is 0 Å². The molecular weight excluding hydrogens is 272 g/mol. The molecule has 112 valence electrons. The third-order valence-corrected chi connectivity index (χ3v) is 2.80. The number of aliphatic hydroxyl groups excluding tert-OH is 1. The fourth-order valence-electron chi connectivity index (χ4n) is 1.91. The maximum atomic E-state index is 11.9. The number of carbonyl (C=O) groups excluding carboxylic acids is 1. The lowest BCUT2D eigenvalue weighted by atomic mass is 10.2. The average Bonchev–Trinajstić information content (AvgIpc) is 2.85. The summed E-state index contributed by atoms with van der Waals surface area (Å²) in [5.41, 5.74) is 1.08. The van der Waals surface area contributed by atoms with E-state index in [0.717, 1.165) is 5.56 Å². The van der Waals surface area contributed by atoms with E-state index < -0.39 is 0 Å². The number of hydrogen-bond acceptors (Lipinski definition) is 6. The molecule has 2 rings (SSSR count). The second kappa shape index (κ2) is 7.51. The SMILES string of the molecule is Cc1nnc(NC(=O)CN(CCO)Cc2ccccc2)o1. The highest BCUT2D eigenvalue weighted by Crippen LogP contribution is 2.06. The lowest BCUT2D eigenvalue weighted by Gasteiger charge is -2.20. The number of aromatic nitrogens is 2. The van der Waals surface area contributed by atoms with Crippen molar-refractivity contribution in [2.24, 2.45) is 0 Å². The van der Waals surface area contributed by atoms with Gasteiger partial charge in [0.25, 0.3) is 0 Å². The predicted octanol–water partition coefficient (Wildman–Crippen LogP) is 0.811. The van der Waals surface area contributed by atoms with Crippen LogP contribution in [-0.2, 0) is 11.3 Å². The molecule has 0 fully saturated rings. The lowest BCUT2D eigenvalue weighted by Crippen LogP contribution is -2.34. The molecule has 1 aromatic carbocycles. The summed E-state index contributed by atoms with van der Waals surface area (Å²) in [7, 11) is 0. The van der Waals surface area contributed by atoms with Gasteiger partial charge in [-0.3, -0.25) is 15.0 Å². The molecular formula is C14H18N4O3. The Hall–Kier alpha value is -2.25. The first-order valence-electron chi connectivity index (χ1n) is 6.64. The fraction of sp³-hybridized carbons (Fsp3) is 0.357. The minimum absolute atomic E-state index is 0.0141. The number of aryl methyl sites for hydroxylation is 1. The summed E-state index contributed by atoms with van der Waals surface area (Å²) < 4.78 is 5.09. The zero-order chi connectivity index (χ0) is 15.1. The predicted molar refractivity (Wildman–Crippen MR) is 76.5 cm³/mol. The zero-order valence-electron chi connectivity index (χ0n) is 11.8. The summed E-state index contributed by atoms with van der Waals surface area (Å²) in [4.78, 5) is 13.8. The van der Waals surface area contributed by atoms with E-state index in [-0.39, 0.29) is 25.1 Å². The molecule has 0 spiro atoms. The maximum Gasteiger partial charge on any atom is 0.322 e. The highest BCUT2D eigenvalue weighted by atomic mass is 16.4. The average molecular weight is 290 g/mol. The van der Waals surface area contributed by atoms with Crippen molar-refractivity contribution >= 4 is 11.9 Å². The van der Waals surface area contributed by atoms with Gasteiger partial charge < -0.3 is 9.52 Å². The van der Waals surface area contributed by atoms with Crippen LogP contribution >= 0.6 is 0 Å². The molecule has 0 aliphatic rings. The van der Waals surface area contributed by atoms with E-state index in [4.69, 9.17) is 9.52 Å². The summed E-state index contributed by atoms with van der Waals surface area (Å²) >= 11 is 0. The van der Waals surface area contributed by atoms with Crippen molar-refractivity contribution in [1.82, 2.24) is 15.1 Å². The Morgan fingerprint density at radius 1 is 1.33 bits per heavy atom. The maximum absolute atomic E-state index is 11.9. The molecule has 2 N–H and O–H groups in total. The number of hydrogen-bond donors (Lipinski definition) is 2. The number of nitrogens with one attached hydrogen (secondary N) is 1. The van der Waals surface area contributed by atoms with Crippen molar-refractivity contribution in [1.29, 1.82) is 0 Å². The van der Waals surface area contributed by atoms with Crippen molar-refractivity contribution in [3.05, 3.63) is 41.8 Å². The number of anilines is 1. The van der Waals surface area contributed by atoms with E-state index in [2.05, 4.69) is 15.5 Å². The number of benzene rings is 1. The highest BCUT2D eigenvalue weighted by molar-refractivity contribution is 5.90. The molecule has 2 aromatic rings. The Morgan fingerprint density at radius 3 is 2.71 bits per heavy atom. The molecule has 0 saturated heterocycles. The van der Waals surface area contributed by atoms with E-state index in [1.807, 2.05) is 35.2 Å². The molecule has 0 saturated carbocycles. The van der Waals surface area contributed by atoms with Crippen LogP contribution in [0.5, 0.6) is 0 Å². The first-order chi connectivity index (χ1) is 10.2. The van der Waals surface area contributed by atoms with E-state index >= 15 is 0 Å². The second-order valence-corrected chi connectivity index (χ2v) is 4.59. The van der Waals surface area contributed by atoms with Gasteiger partial charge in [0.15, 0.2) is 0 Å². The van der Waals surface area contributed by atoms with Crippen LogP contribution in [0, 0.1) is 6.92 Å². The van der Waals surface area contributed by atoms with Gasteiger partial charge >= 0.3 is 6.01 Å². The van der Waals surface area contributed by atoms with Crippen molar-refractivity contribution in [2.75, 3.05) is 25.0 Å². The topological polar surface area (TPSA) is 91.5 Å². The minimum Gasteiger partial charge on any atom is -0.408 e. The van der Waals surface area contributed by atoms with E-state index in [0.29, 0.717) is 19.0 Å². The van der Waals surface area contributed by atoms with Crippen molar-refractivity contribution in [3.63, 3.8) is 0 Å².